The summed E-state index contributed by atoms with van der Waals surface area (Å²) in [6.45, 7) is 14.2. The van der Waals surface area contributed by atoms with E-state index in [0.29, 0.717) is 24.5 Å². The van der Waals surface area contributed by atoms with Gasteiger partial charge in [-0.25, -0.2) is 0 Å². The summed E-state index contributed by atoms with van der Waals surface area (Å²) in [7, 11) is 0. The maximum Gasteiger partial charge on any atom is 0.245 e. The van der Waals surface area contributed by atoms with Crippen LogP contribution < -0.4 is 11.1 Å². The largest absolute Gasteiger partial charge is 0.384 e. The van der Waals surface area contributed by atoms with Crippen LogP contribution >= 0.6 is 11.6 Å². The molecule has 2 amide bonds. The molecule has 1 aromatic carbocycles. The smallest absolute Gasteiger partial charge is 0.245 e. The van der Waals surface area contributed by atoms with Gasteiger partial charge in [0.15, 0.2) is 0 Å². The van der Waals surface area contributed by atoms with Gasteiger partial charge in [0, 0.05) is 23.5 Å². The van der Waals surface area contributed by atoms with Crippen LogP contribution in [-0.2, 0) is 15.2 Å². The zero-order valence-electron chi connectivity index (χ0n) is 19.8. The molecule has 7 heteroatoms. The topological polar surface area (TPSA) is 95.7 Å². The summed E-state index contributed by atoms with van der Waals surface area (Å²) in [5, 5.41) is 15.0. The molecule has 4 N–H and O–H groups in total. The van der Waals surface area contributed by atoms with Crippen molar-refractivity contribution in [3.8, 4) is 0 Å². The molecule has 3 atom stereocenters. The molecule has 1 aliphatic rings. The van der Waals surface area contributed by atoms with Gasteiger partial charge in [-0.15, -0.1) is 0 Å². The van der Waals surface area contributed by atoms with E-state index in [1.165, 1.54) is 0 Å². The first-order valence-electron chi connectivity index (χ1n) is 10.9. The number of hydrogen-bond donors (Lipinski definition) is 3. The lowest BCUT2D eigenvalue weighted by Gasteiger charge is -2.51. The Hall–Kier alpha value is -1.63. The molecule has 0 spiro atoms. The van der Waals surface area contributed by atoms with Gasteiger partial charge < -0.3 is 21.1 Å². The van der Waals surface area contributed by atoms with Crippen molar-refractivity contribution in [1.82, 2.24) is 10.2 Å². The van der Waals surface area contributed by atoms with E-state index < -0.39 is 28.5 Å². The predicted octanol–water partition coefficient (Wildman–Crippen LogP) is 3.30. The summed E-state index contributed by atoms with van der Waals surface area (Å²) in [5.41, 5.74) is 4.80. The number of carbonyl (C=O) groups excluding carboxylic acids is 2. The summed E-state index contributed by atoms with van der Waals surface area (Å²) >= 11 is 6.01. The van der Waals surface area contributed by atoms with Gasteiger partial charge in [-0.3, -0.25) is 9.59 Å². The Labute approximate surface area is 191 Å². The molecule has 1 saturated heterocycles. The molecule has 31 heavy (non-hydrogen) atoms. The van der Waals surface area contributed by atoms with Crippen molar-refractivity contribution in [3.05, 3.63) is 34.9 Å². The summed E-state index contributed by atoms with van der Waals surface area (Å²) in [4.78, 5) is 27.8. The Morgan fingerprint density at radius 2 is 1.74 bits per heavy atom. The number of nitrogens with zero attached hydrogens (tertiary/aromatic N) is 1. The zero-order valence-corrected chi connectivity index (χ0v) is 20.6. The van der Waals surface area contributed by atoms with Crippen molar-refractivity contribution < 1.29 is 14.7 Å². The molecular formula is C24H38ClN3O3. The van der Waals surface area contributed by atoms with E-state index in [1.54, 1.807) is 17.0 Å². The van der Waals surface area contributed by atoms with E-state index in [1.807, 2.05) is 60.6 Å². The standard InChI is InChI=1S/C24H38ClN3O3/c1-15(2)18(27-20(29)19(26)22(3,4)5)21(30)28-13-12-24(31,23(6,7)14-28)16-8-10-17(25)11-9-16/h8-11,15,18-19,31H,12-14,26H2,1-7H3,(H,27,29)/t18-,19+,24+/m1/s1. The van der Waals surface area contributed by atoms with Crippen molar-refractivity contribution in [2.24, 2.45) is 22.5 Å². The number of amides is 2. The highest BCUT2D eigenvalue weighted by Crippen LogP contribution is 2.46. The zero-order chi connectivity index (χ0) is 23.8. The average Bonchev–Trinajstić information content (AvgIpc) is 2.66. The average molecular weight is 452 g/mol. The van der Waals surface area contributed by atoms with Crippen molar-refractivity contribution in [2.75, 3.05) is 13.1 Å². The van der Waals surface area contributed by atoms with E-state index in [9.17, 15) is 14.7 Å². The van der Waals surface area contributed by atoms with Crippen LogP contribution in [0.1, 0.15) is 60.5 Å². The van der Waals surface area contributed by atoms with Crippen LogP contribution in [0.4, 0.5) is 0 Å². The predicted molar refractivity (Wildman–Crippen MR) is 125 cm³/mol. The highest BCUT2D eigenvalue weighted by Gasteiger charge is 2.50. The van der Waals surface area contributed by atoms with Crippen LogP contribution in [0.2, 0.25) is 5.02 Å². The van der Waals surface area contributed by atoms with Crippen molar-refractivity contribution in [3.63, 3.8) is 0 Å². The first-order chi connectivity index (χ1) is 14.1. The van der Waals surface area contributed by atoms with Gasteiger partial charge in [-0.05, 0) is 35.4 Å². The third-order valence-electron chi connectivity index (χ3n) is 6.53. The van der Waals surface area contributed by atoms with Gasteiger partial charge >= 0.3 is 0 Å². The number of nitrogens with one attached hydrogen (secondary N) is 1. The van der Waals surface area contributed by atoms with Crippen LogP contribution in [0.25, 0.3) is 0 Å². The summed E-state index contributed by atoms with van der Waals surface area (Å²) in [6.07, 6.45) is 0.396. The Kier molecular flexibility index (Phi) is 7.51. The molecule has 0 aromatic heterocycles. The molecule has 1 fully saturated rings. The van der Waals surface area contributed by atoms with Gasteiger partial charge in [0.25, 0.3) is 0 Å². The van der Waals surface area contributed by atoms with Gasteiger partial charge in [0.2, 0.25) is 11.8 Å². The van der Waals surface area contributed by atoms with Gasteiger partial charge in [0.1, 0.15) is 6.04 Å². The summed E-state index contributed by atoms with van der Waals surface area (Å²) in [5.74, 6) is -0.562. The molecule has 0 unspecified atom stereocenters. The number of rotatable bonds is 5. The maximum absolute atomic E-state index is 13.4. The fourth-order valence-electron chi connectivity index (χ4n) is 4.12. The van der Waals surface area contributed by atoms with Crippen LogP contribution in [-0.4, -0.2) is 47.0 Å². The molecule has 1 heterocycles. The summed E-state index contributed by atoms with van der Waals surface area (Å²) < 4.78 is 0. The molecule has 1 aromatic rings. The third kappa shape index (κ3) is 5.41. The van der Waals surface area contributed by atoms with Crippen LogP contribution in [0.3, 0.4) is 0 Å². The van der Waals surface area contributed by atoms with Gasteiger partial charge in [0.05, 0.1) is 11.6 Å². The lowest BCUT2D eigenvalue weighted by molar-refractivity contribution is -0.157. The lowest BCUT2D eigenvalue weighted by atomic mass is 9.66. The Bertz CT molecular complexity index is 801. The molecule has 1 aliphatic heterocycles. The minimum atomic E-state index is -1.08. The second-order valence-corrected chi connectivity index (χ2v) is 11.3. The van der Waals surface area contributed by atoms with Crippen molar-refractivity contribution >= 4 is 23.4 Å². The Morgan fingerprint density at radius 3 is 2.19 bits per heavy atom. The van der Waals surface area contributed by atoms with Crippen LogP contribution in [0.5, 0.6) is 0 Å². The minimum Gasteiger partial charge on any atom is -0.384 e. The van der Waals surface area contributed by atoms with E-state index in [2.05, 4.69) is 5.32 Å². The number of nitrogens with two attached hydrogens (primary N) is 1. The second kappa shape index (κ2) is 9.08. The number of likely N-dealkylation sites (tertiary alicyclic amines) is 1. The summed E-state index contributed by atoms with van der Waals surface area (Å²) in [6, 6.07) is 5.84. The molecule has 174 valence electrons. The molecular weight excluding hydrogens is 414 g/mol. The number of carbonyl (C=O) groups is 2. The van der Waals surface area contributed by atoms with E-state index in [0.717, 1.165) is 5.56 Å². The highest BCUT2D eigenvalue weighted by molar-refractivity contribution is 6.30. The first-order valence-corrected chi connectivity index (χ1v) is 11.3. The lowest BCUT2D eigenvalue weighted by Crippen LogP contribution is -2.62. The molecule has 2 rings (SSSR count). The number of aliphatic hydroxyl groups is 1. The molecule has 0 aliphatic carbocycles. The van der Waals surface area contributed by atoms with Crippen molar-refractivity contribution in [1.29, 1.82) is 0 Å². The van der Waals surface area contributed by atoms with E-state index in [-0.39, 0.29) is 17.7 Å². The Balaban J connectivity index is 2.20. The van der Waals surface area contributed by atoms with Crippen LogP contribution in [0.15, 0.2) is 24.3 Å². The number of benzene rings is 1. The molecule has 0 radical (unpaired) electrons. The van der Waals surface area contributed by atoms with Crippen LogP contribution in [0, 0.1) is 16.7 Å². The normalized spacial score (nSPS) is 23.4. The quantitative estimate of drug-likeness (QED) is 0.640. The number of halogens is 1. The number of hydrogen-bond acceptors (Lipinski definition) is 4. The second-order valence-electron chi connectivity index (χ2n) is 10.8. The van der Waals surface area contributed by atoms with Gasteiger partial charge in [-0.1, -0.05) is 72.2 Å². The fraction of sp³-hybridized carbons (Fsp3) is 0.667. The van der Waals surface area contributed by atoms with Crippen molar-refractivity contribution in [2.45, 2.75) is 72.6 Å². The SMILES string of the molecule is CC(C)[C@@H](NC(=O)[C@H](N)C(C)(C)C)C(=O)N1CC[C@](O)(c2ccc(Cl)cc2)C(C)(C)C1. The highest BCUT2D eigenvalue weighted by atomic mass is 35.5. The van der Waals surface area contributed by atoms with Gasteiger partial charge in [-0.2, -0.15) is 0 Å². The molecule has 0 saturated carbocycles. The number of piperidine rings is 1. The first kappa shape index (κ1) is 25.6. The van der Waals surface area contributed by atoms with E-state index >= 15 is 0 Å². The molecule has 6 nitrogen and oxygen atoms in total. The van der Waals surface area contributed by atoms with E-state index in [4.69, 9.17) is 17.3 Å². The monoisotopic (exact) mass is 451 g/mol. The third-order valence-corrected chi connectivity index (χ3v) is 6.78. The molecule has 0 bridgehead atoms. The Morgan fingerprint density at radius 1 is 1.19 bits per heavy atom. The maximum atomic E-state index is 13.4. The fourth-order valence-corrected chi connectivity index (χ4v) is 4.24. The minimum absolute atomic E-state index is 0.0937.